The number of ether oxygens (including phenoxy) is 4. The zero-order chi connectivity index (χ0) is 21.8. The van der Waals surface area contributed by atoms with Gasteiger partial charge in [-0.2, -0.15) is 18.4 Å². The van der Waals surface area contributed by atoms with Crippen LogP contribution in [0.25, 0.3) is 0 Å². The summed E-state index contributed by atoms with van der Waals surface area (Å²) in [6.45, 7) is -0.325. The number of rotatable bonds is 6. The van der Waals surface area contributed by atoms with Crippen LogP contribution in [0.4, 0.5) is 13.2 Å². The van der Waals surface area contributed by atoms with Crippen molar-refractivity contribution in [2.75, 3.05) is 20.8 Å². The van der Waals surface area contributed by atoms with Crippen LogP contribution in [0.15, 0.2) is 41.0 Å². The lowest BCUT2D eigenvalue weighted by Crippen LogP contribution is -2.25. The number of nitrogens with zero attached hydrogens (tertiary/aromatic N) is 1. The van der Waals surface area contributed by atoms with E-state index in [1.807, 2.05) is 6.07 Å². The largest absolute Gasteiger partial charge is 0.496 e. The molecule has 0 saturated carbocycles. The van der Waals surface area contributed by atoms with E-state index >= 15 is 0 Å². The van der Waals surface area contributed by atoms with Crippen LogP contribution < -0.4 is 10.5 Å². The van der Waals surface area contributed by atoms with E-state index in [0.29, 0.717) is 16.9 Å². The van der Waals surface area contributed by atoms with Crippen LogP contribution in [0, 0.1) is 11.3 Å². The molecule has 1 aliphatic rings. The highest BCUT2D eigenvalue weighted by Crippen LogP contribution is 2.40. The van der Waals surface area contributed by atoms with Crippen molar-refractivity contribution in [2.45, 2.75) is 25.6 Å². The van der Waals surface area contributed by atoms with Gasteiger partial charge in [0.05, 0.1) is 32.3 Å². The molecule has 0 amide bonds. The van der Waals surface area contributed by atoms with Crippen LogP contribution in [-0.2, 0) is 25.6 Å². The zero-order valence-corrected chi connectivity index (χ0v) is 15.9. The van der Waals surface area contributed by atoms with Gasteiger partial charge in [-0.25, -0.2) is 4.79 Å². The van der Waals surface area contributed by atoms with Gasteiger partial charge in [-0.15, -0.1) is 0 Å². The first-order valence-electron chi connectivity index (χ1n) is 8.30. The number of methoxy groups -OCH3 is 2. The number of esters is 1. The summed E-state index contributed by atoms with van der Waals surface area (Å²) < 4.78 is 57.2. The highest BCUT2D eigenvalue weighted by atomic mass is 19.4. The Balaban J connectivity index is 2.51. The maximum absolute atomic E-state index is 12.4. The number of allylic oxidation sites excluding steroid dienone is 2. The van der Waals surface area contributed by atoms with Crippen LogP contribution in [-0.4, -0.2) is 33.0 Å². The Labute approximate surface area is 165 Å². The second kappa shape index (κ2) is 8.87. The molecule has 0 bridgehead atoms. The molecule has 0 radical (unpaired) electrons. The number of halogens is 3. The fourth-order valence-corrected chi connectivity index (χ4v) is 2.96. The second-order valence-corrected chi connectivity index (χ2v) is 6.07. The summed E-state index contributed by atoms with van der Waals surface area (Å²) in [5.74, 6) is -1.37. The van der Waals surface area contributed by atoms with Gasteiger partial charge < -0.3 is 24.7 Å². The lowest BCUT2D eigenvalue weighted by molar-refractivity contribution is -0.176. The number of carbonyl (C=O) groups excluding carboxylic acids is 1. The van der Waals surface area contributed by atoms with Gasteiger partial charge in [-0.3, -0.25) is 0 Å². The Morgan fingerprint density at radius 2 is 2.03 bits per heavy atom. The quantitative estimate of drug-likeness (QED) is 0.716. The summed E-state index contributed by atoms with van der Waals surface area (Å²) in [6, 6.07) is 6.49. The number of nitrogens with two attached hydrogens (primary N) is 1. The molecule has 1 aromatic carbocycles. The first-order valence-corrected chi connectivity index (χ1v) is 8.30. The molecule has 156 valence electrons. The molecule has 1 aromatic rings. The number of hydrogen-bond acceptors (Lipinski definition) is 7. The lowest BCUT2D eigenvalue weighted by Gasteiger charge is -2.27. The molecular formula is C19H19F3N2O5. The van der Waals surface area contributed by atoms with Crippen LogP contribution in [0.2, 0.25) is 0 Å². The zero-order valence-electron chi connectivity index (χ0n) is 15.9. The van der Waals surface area contributed by atoms with E-state index in [9.17, 15) is 23.2 Å². The van der Waals surface area contributed by atoms with Crippen LogP contribution in [0.3, 0.4) is 0 Å². The third-order valence-corrected chi connectivity index (χ3v) is 4.17. The molecule has 0 spiro atoms. The first-order chi connectivity index (χ1) is 13.6. The van der Waals surface area contributed by atoms with Gasteiger partial charge >= 0.3 is 12.1 Å². The van der Waals surface area contributed by atoms with Gasteiger partial charge in [0.25, 0.3) is 0 Å². The summed E-state index contributed by atoms with van der Waals surface area (Å²) >= 11 is 0. The third kappa shape index (κ3) is 5.00. The number of alkyl halides is 3. The molecule has 1 heterocycles. The molecule has 10 heteroatoms. The van der Waals surface area contributed by atoms with Gasteiger partial charge in [-0.1, -0.05) is 6.07 Å². The molecule has 0 saturated heterocycles. The van der Waals surface area contributed by atoms with Gasteiger partial charge in [0.1, 0.15) is 29.8 Å². The average Bonchev–Trinajstić information content (AvgIpc) is 2.65. The minimum Gasteiger partial charge on any atom is -0.496 e. The number of hydrogen-bond donors (Lipinski definition) is 1. The summed E-state index contributed by atoms with van der Waals surface area (Å²) in [7, 11) is 2.54. The molecule has 2 rings (SSSR count). The molecule has 2 N–H and O–H groups in total. The minimum absolute atomic E-state index is 0.0247. The van der Waals surface area contributed by atoms with E-state index in [2.05, 4.69) is 0 Å². The Kier molecular flexibility index (Phi) is 6.76. The highest BCUT2D eigenvalue weighted by molar-refractivity contribution is 5.92. The van der Waals surface area contributed by atoms with Crippen molar-refractivity contribution < 1.29 is 36.9 Å². The smallest absolute Gasteiger partial charge is 0.411 e. The van der Waals surface area contributed by atoms with Gasteiger partial charge in [-0.05, 0) is 24.6 Å². The van der Waals surface area contributed by atoms with E-state index in [4.69, 9.17) is 24.7 Å². The van der Waals surface area contributed by atoms with Crippen molar-refractivity contribution in [3.8, 4) is 11.8 Å². The van der Waals surface area contributed by atoms with E-state index in [-0.39, 0.29) is 22.8 Å². The van der Waals surface area contributed by atoms with E-state index in [0.717, 1.165) is 0 Å². The number of carbonyl (C=O) groups is 1. The van der Waals surface area contributed by atoms with Gasteiger partial charge in [0, 0.05) is 5.56 Å². The molecule has 1 aliphatic heterocycles. The summed E-state index contributed by atoms with van der Waals surface area (Å²) in [4.78, 5) is 12.3. The van der Waals surface area contributed by atoms with Crippen molar-refractivity contribution in [2.24, 2.45) is 5.73 Å². The Morgan fingerprint density at radius 3 is 2.59 bits per heavy atom. The molecule has 29 heavy (non-hydrogen) atoms. The van der Waals surface area contributed by atoms with Gasteiger partial charge in [0.2, 0.25) is 5.88 Å². The molecule has 7 nitrogen and oxygen atoms in total. The number of benzene rings is 1. The summed E-state index contributed by atoms with van der Waals surface area (Å²) in [6.07, 6.45) is -4.48. The van der Waals surface area contributed by atoms with E-state index in [1.165, 1.54) is 33.3 Å². The highest BCUT2D eigenvalue weighted by Gasteiger charge is 2.36. The fourth-order valence-electron chi connectivity index (χ4n) is 2.96. The lowest BCUT2D eigenvalue weighted by atomic mass is 9.82. The molecule has 0 fully saturated rings. The van der Waals surface area contributed by atoms with Crippen LogP contribution in [0.5, 0.6) is 5.75 Å². The minimum atomic E-state index is -4.48. The predicted octanol–water partition coefficient (Wildman–Crippen LogP) is 3.03. The summed E-state index contributed by atoms with van der Waals surface area (Å²) in [5, 5.41) is 9.54. The fraction of sp³-hybridized carbons (Fsp3) is 0.368. The predicted molar refractivity (Wildman–Crippen MR) is 94.1 cm³/mol. The third-order valence-electron chi connectivity index (χ3n) is 4.17. The molecule has 0 aromatic heterocycles. The van der Waals surface area contributed by atoms with Crippen molar-refractivity contribution in [3.63, 3.8) is 0 Å². The van der Waals surface area contributed by atoms with Crippen molar-refractivity contribution >= 4 is 5.97 Å². The summed E-state index contributed by atoms with van der Waals surface area (Å²) in [5.41, 5.74) is 6.56. The molecule has 0 aliphatic carbocycles. The standard InChI is InChI=1S/C19H19F3N2O5/c1-10-15(18(25)27-3)16(13(7-23)17(24)29-10)11-4-5-14(26-2)12(6-11)8-28-9-19(20,21)22/h4-6,16H,8-9,24H2,1-3H3/t16-/m0/s1. The number of nitriles is 1. The van der Waals surface area contributed by atoms with E-state index < -0.39 is 31.3 Å². The molecular weight excluding hydrogens is 393 g/mol. The monoisotopic (exact) mass is 412 g/mol. The Morgan fingerprint density at radius 1 is 1.34 bits per heavy atom. The Hall–Kier alpha value is -3.19. The molecule has 0 unspecified atom stereocenters. The topological polar surface area (TPSA) is 104 Å². The Bertz CT molecular complexity index is 900. The van der Waals surface area contributed by atoms with Crippen molar-refractivity contribution in [1.29, 1.82) is 5.26 Å². The van der Waals surface area contributed by atoms with Crippen molar-refractivity contribution in [1.82, 2.24) is 0 Å². The maximum Gasteiger partial charge on any atom is 0.411 e. The maximum atomic E-state index is 12.4. The van der Waals surface area contributed by atoms with E-state index in [1.54, 1.807) is 6.07 Å². The molecule has 1 atom stereocenters. The average molecular weight is 412 g/mol. The SMILES string of the molecule is COC(=O)C1=C(C)OC(N)=C(C#N)[C@@H]1c1ccc(OC)c(COCC(F)(F)F)c1. The van der Waals surface area contributed by atoms with Crippen LogP contribution in [0.1, 0.15) is 24.0 Å². The van der Waals surface area contributed by atoms with Crippen molar-refractivity contribution in [3.05, 3.63) is 52.1 Å². The normalized spacial score (nSPS) is 16.9. The second-order valence-electron chi connectivity index (χ2n) is 6.07. The van der Waals surface area contributed by atoms with Crippen LogP contribution >= 0.6 is 0 Å². The van der Waals surface area contributed by atoms with Gasteiger partial charge in [0.15, 0.2) is 0 Å². The first kappa shape index (κ1) is 22.1.